The summed E-state index contributed by atoms with van der Waals surface area (Å²) in [6.45, 7) is 4.48. The highest BCUT2D eigenvalue weighted by Gasteiger charge is 2.38. The van der Waals surface area contributed by atoms with E-state index in [1.54, 1.807) is 24.0 Å². The lowest BCUT2D eigenvalue weighted by Crippen LogP contribution is -2.36. The quantitative estimate of drug-likeness (QED) is 0.797. The lowest BCUT2D eigenvalue weighted by atomic mass is 10.1. The molecule has 0 saturated carbocycles. The molecule has 2 aromatic rings. The summed E-state index contributed by atoms with van der Waals surface area (Å²) in [7, 11) is -3.73. The van der Waals surface area contributed by atoms with Crippen LogP contribution in [0.5, 0.6) is 5.75 Å². The van der Waals surface area contributed by atoms with Gasteiger partial charge in [-0.05, 0) is 31.9 Å². The van der Waals surface area contributed by atoms with Crippen LogP contribution in [-0.2, 0) is 14.8 Å². The summed E-state index contributed by atoms with van der Waals surface area (Å²) in [5.41, 5.74) is 1.23. The van der Waals surface area contributed by atoms with Crippen molar-refractivity contribution < 1.29 is 22.5 Å². The van der Waals surface area contributed by atoms with Gasteiger partial charge in [-0.1, -0.05) is 5.16 Å². The minimum absolute atomic E-state index is 0.101. The highest BCUT2D eigenvalue weighted by Crippen LogP contribution is 2.39. The molecule has 0 spiro atoms. The van der Waals surface area contributed by atoms with Crippen molar-refractivity contribution in [1.82, 2.24) is 9.46 Å². The number of hydrogen-bond donors (Lipinski definition) is 0. The van der Waals surface area contributed by atoms with Gasteiger partial charge < -0.3 is 14.2 Å². The number of anilines is 1. The van der Waals surface area contributed by atoms with Crippen LogP contribution in [0.1, 0.15) is 37.3 Å². The molecule has 1 fully saturated rings. The van der Waals surface area contributed by atoms with Crippen molar-refractivity contribution in [2.24, 2.45) is 0 Å². The van der Waals surface area contributed by atoms with E-state index in [2.05, 4.69) is 5.16 Å². The number of aromatic nitrogens is 1. The van der Waals surface area contributed by atoms with Crippen LogP contribution in [0.25, 0.3) is 0 Å². The Balaban J connectivity index is 1.69. The van der Waals surface area contributed by atoms with E-state index >= 15 is 0 Å². The molecule has 9 heteroatoms. The normalized spacial score (nSPS) is 20.4. The van der Waals surface area contributed by atoms with Gasteiger partial charge in [-0.15, -0.1) is 0 Å². The second-order valence-corrected chi connectivity index (χ2v) is 8.68. The number of hydrogen-bond acceptors (Lipinski definition) is 6. The molecule has 3 heterocycles. The second kappa shape index (κ2) is 6.65. The van der Waals surface area contributed by atoms with Crippen molar-refractivity contribution in [3.05, 3.63) is 35.7 Å². The molecule has 2 aliphatic rings. The van der Waals surface area contributed by atoms with E-state index < -0.39 is 10.0 Å². The Morgan fingerprint density at radius 1 is 1.26 bits per heavy atom. The molecular formula is C18H21N3O5S. The van der Waals surface area contributed by atoms with Crippen molar-refractivity contribution in [2.45, 2.75) is 37.6 Å². The van der Waals surface area contributed by atoms with E-state index in [4.69, 9.17) is 9.26 Å². The summed E-state index contributed by atoms with van der Waals surface area (Å²) in [6, 6.07) is 6.11. The molecule has 0 unspecified atom stereocenters. The van der Waals surface area contributed by atoms with Crippen molar-refractivity contribution in [1.29, 1.82) is 0 Å². The Labute approximate surface area is 157 Å². The van der Waals surface area contributed by atoms with E-state index in [1.165, 1.54) is 23.4 Å². The number of fused-ring (bicyclic) bond motifs is 1. The molecule has 2 aliphatic heterocycles. The predicted molar refractivity (Wildman–Crippen MR) is 97.1 cm³/mol. The number of sulfonamides is 1. The maximum Gasteiger partial charge on any atom is 0.243 e. The fourth-order valence-electron chi connectivity index (χ4n) is 3.69. The Bertz CT molecular complexity index is 985. The fourth-order valence-corrected chi connectivity index (χ4v) is 5.37. The lowest BCUT2D eigenvalue weighted by molar-refractivity contribution is -0.116. The van der Waals surface area contributed by atoms with E-state index in [1.807, 2.05) is 0 Å². The summed E-state index contributed by atoms with van der Waals surface area (Å²) < 4.78 is 38.7. The number of rotatable bonds is 3. The minimum atomic E-state index is -3.73. The molecule has 8 nitrogen and oxygen atoms in total. The third kappa shape index (κ3) is 3.10. The predicted octanol–water partition coefficient (Wildman–Crippen LogP) is 2.25. The number of carbonyl (C=O) groups excluding carboxylic acids is 1. The summed E-state index contributed by atoms with van der Waals surface area (Å²) in [5, 5.41) is 4.00. The zero-order valence-electron chi connectivity index (χ0n) is 15.2. The number of ether oxygens (including phenoxy) is 1. The molecule has 0 aliphatic carbocycles. The van der Waals surface area contributed by atoms with Crippen LogP contribution in [0.3, 0.4) is 0 Å². The molecule has 144 valence electrons. The van der Waals surface area contributed by atoms with Crippen molar-refractivity contribution in [3.63, 3.8) is 0 Å². The molecule has 1 atom stereocenters. The number of nitrogens with zero attached hydrogens (tertiary/aromatic N) is 3. The van der Waals surface area contributed by atoms with E-state index in [0.717, 1.165) is 6.42 Å². The van der Waals surface area contributed by atoms with E-state index in [-0.39, 0.29) is 16.8 Å². The third-order valence-corrected chi connectivity index (χ3v) is 6.88. The van der Waals surface area contributed by atoms with Gasteiger partial charge in [0, 0.05) is 25.6 Å². The first-order chi connectivity index (χ1) is 12.9. The summed E-state index contributed by atoms with van der Waals surface area (Å²) in [4.78, 5) is 13.5. The lowest BCUT2D eigenvalue weighted by Gasteiger charge is -2.29. The van der Waals surface area contributed by atoms with Gasteiger partial charge in [0.2, 0.25) is 15.9 Å². The van der Waals surface area contributed by atoms with Crippen LogP contribution < -0.4 is 9.64 Å². The molecule has 1 saturated heterocycles. The Hall–Kier alpha value is -2.39. The molecule has 0 radical (unpaired) electrons. The van der Waals surface area contributed by atoms with Crippen molar-refractivity contribution in [3.8, 4) is 5.75 Å². The Morgan fingerprint density at radius 3 is 2.78 bits per heavy atom. The van der Waals surface area contributed by atoms with Gasteiger partial charge in [0.05, 0.1) is 23.2 Å². The Morgan fingerprint density at radius 2 is 2.07 bits per heavy atom. The van der Waals surface area contributed by atoms with Crippen molar-refractivity contribution >= 4 is 21.6 Å². The van der Waals surface area contributed by atoms with Crippen LogP contribution in [0.15, 0.2) is 33.7 Å². The highest BCUT2D eigenvalue weighted by molar-refractivity contribution is 7.89. The number of carbonyl (C=O) groups is 1. The molecule has 1 amide bonds. The van der Waals surface area contributed by atoms with Crippen LogP contribution in [0.4, 0.5) is 5.69 Å². The maximum atomic E-state index is 13.3. The highest BCUT2D eigenvalue weighted by atomic mass is 32.2. The van der Waals surface area contributed by atoms with Gasteiger partial charge in [0.25, 0.3) is 0 Å². The van der Waals surface area contributed by atoms with Gasteiger partial charge in [-0.2, -0.15) is 4.31 Å². The molecule has 4 rings (SSSR count). The van der Waals surface area contributed by atoms with Crippen LogP contribution >= 0.6 is 0 Å². The topological polar surface area (TPSA) is 93.0 Å². The average molecular weight is 391 g/mol. The first-order valence-corrected chi connectivity index (χ1v) is 10.3. The number of amides is 1. The molecule has 0 N–H and O–H groups in total. The average Bonchev–Trinajstić information content (AvgIpc) is 3.29. The van der Waals surface area contributed by atoms with E-state index in [9.17, 15) is 13.2 Å². The first-order valence-electron chi connectivity index (χ1n) is 8.88. The second-order valence-electron chi connectivity index (χ2n) is 6.78. The van der Waals surface area contributed by atoms with Gasteiger partial charge >= 0.3 is 0 Å². The minimum Gasteiger partial charge on any atom is -0.489 e. The van der Waals surface area contributed by atoms with Crippen LogP contribution in [0, 0.1) is 6.92 Å². The summed E-state index contributed by atoms with van der Waals surface area (Å²) in [6.07, 6.45) is 1.46. The molecule has 0 bridgehead atoms. The molecule has 1 aromatic carbocycles. The summed E-state index contributed by atoms with van der Waals surface area (Å²) >= 11 is 0. The number of benzene rings is 1. The zero-order chi connectivity index (χ0) is 19.2. The largest absolute Gasteiger partial charge is 0.489 e. The Kier molecular flexibility index (Phi) is 4.43. The fraction of sp³-hybridized carbons (Fsp3) is 0.444. The monoisotopic (exact) mass is 391 g/mol. The van der Waals surface area contributed by atoms with Gasteiger partial charge in [-0.25, -0.2) is 8.42 Å². The molecular weight excluding hydrogens is 370 g/mol. The van der Waals surface area contributed by atoms with E-state index in [0.29, 0.717) is 49.0 Å². The standard InChI is InChI=1S/C18H21N3O5S/c1-12-10-15(19-26-12)16-4-3-7-21(16)27(23,24)14-5-6-17-18(11-14)25-9-8-20(17)13(2)22/h5-6,10-11,16H,3-4,7-9H2,1-2H3/t16-/m0/s1. The van der Waals surface area contributed by atoms with Gasteiger partial charge in [0.15, 0.2) is 0 Å². The van der Waals surface area contributed by atoms with Gasteiger partial charge in [0.1, 0.15) is 23.8 Å². The number of aryl methyl sites for hydroxylation is 1. The SMILES string of the molecule is CC(=O)N1CCOc2cc(S(=O)(=O)N3CCC[C@H]3c3cc(C)on3)ccc21. The first kappa shape index (κ1) is 18.0. The van der Waals surface area contributed by atoms with Crippen molar-refractivity contribution in [2.75, 3.05) is 24.6 Å². The zero-order valence-corrected chi connectivity index (χ0v) is 16.0. The molecule has 27 heavy (non-hydrogen) atoms. The maximum absolute atomic E-state index is 13.3. The third-order valence-electron chi connectivity index (χ3n) is 4.97. The molecule has 1 aromatic heterocycles. The van der Waals surface area contributed by atoms with Crippen LogP contribution in [-0.4, -0.2) is 43.5 Å². The smallest absolute Gasteiger partial charge is 0.243 e. The van der Waals surface area contributed by atoms with Gasteiger partial charge in [-0.3, -0.25) is 4.79 Å². The summed E-state index contributed by atoms with van der Waals surface area (Å²) in [5.74, 6) is 0.961. The van der Waals surface area contributed by atoms with Crippen LogP contribution in [0.2, 0.25) is 0 Å².